The fourth-order valence-electron chi connectivity index (χ4n) is 3.67. The molecule has 1 saturated heterocycles. The van der Waals surface area contributed by atoms with Crippen molar-refractivity contribution in [2.24, 2.45) is 5.73 Å². The standard InChI is InChI=1S/C23H27F3N6O5/c1-22(2,3)37-21(36)30-14-5-4-6-32(11-14)20-28-10-16(17(27)33)18(31-20)29-15-8-12(19(34)35)7-13(9-15)23(24,25)26/h7-10,14H,4-6,11H2,1-3H3,(H2,27,33)(H,30,36)(H,34,35)(H,28,29,31). The van der Waals surface area contributed by atoms with Crippen molar-refractivity contribution in [3.05, 3.63) is 41.1 Å². The summed E-state index contributed by atoms with van der Waals surface area (Å²) in [6.07, 6.45) is -2.92. The van der Waals surface area contributed by atoms with Gasteiger partial charge in [0.2, 0.25) is 5.95 Å². The highest BCUT2D eigenvalue weighted by Gasteiger charge is 2.32. The van der Waals surface area contributed by atoms with Gasteiger partial charge >= 0.3 is 18.2 Å². The van der Waals surface area contributed by atoms with Crippen LogP contribution in [-0.2, 0) is 10.9 Å². The minimum atomic E-state index is -4.81. The van der Waals surface area contributed by atoms with Crippen LogP contribution in [0.25, 0.3) is 0 Å². The normalized spacial score (nSPS) is 16.2. The molecule has 0 aliphatic carbocycles. The van der Waals surface area contributed by atoms with E-state index in [2.05, 4.69) is 20.6 Å². The Hall–Kier alpha value is -4.10. The molecule has 1 aliphatic heterocycles. The zero-order chi connectivity index (χ0) is 27.5. The summed E-state index contributed by atoms with van der Waals surface area (Å²) < 4.78 is 45.2. The average Bonchev–Trinajstić information content (AvgIpc) is 2.77. The number of halogens is 3. The number of hydrogen-bond acceptors (Lipinski definition) is 8. The van der Waals surface area contributed by atoms with Crippen molar-refractivity contribution in [3.63, 3.8) is 0 Å². The number of anilines is 3. The highest BCUT2D eigenvalue weighted by Crippen LogP contribution is 2.33. The van der Waals surface area contributed by atoms with Gasteiger partial charge in [0.05, 0.1) is 11.1 Å². The van der Waals surface area contributed by atoms with Crippen LogP contribution in [0.2, 0.25) is 0 Å². The smallest absolute Gasteiger partial charge is 0.416 e. The molecule has 37 heavy (non-hydrogen) atoms. The van der Waals surface area contributed by atoms with Crippen molar-refractivity contribution in [2.75, 3.05) is 23.3 Å². The minimum Gasteiger partial charge on any atom is -0.478 e. The minimum absolute atomic E-state index is 0.133. The van der Waals surface area contributed by atoms with Gasteiger partial charge < -0.3 is 31.1 Å². The molecule has 1 fully saturated rings. The van der Waals surface area contributed by atoms with Gasteiger partial charge in [-0.1, -0.05) is 0 Å². The lowest BCUT2D eigenvalue weighted by molar-refractivity contribution is -0.137. The molecular weight excluding hydrogens is 497 g/mol. The molecule has 200 valence electrons. The van der Waals surface area contributed by atoms with Crippen LogP contribution in [0.3, 0.4) is 0 Å². The Kier molecular flexibility index (Phi) is 7.79. The first kappa shape index (κ1) is 27.5. The Morgan fingerprint density at radius 1 is 1.19 bits per heavy atom. The second-order valence-corrected chi connectivity index (χ2v) is 9.45. The number of amides is 2. The summed E-state index contributed by atoms with van der Waals surface area (Å²) in [6, 6.07) is 1.88. The number of carbonyl (C=O) groups is 3. The number of carbonyl (C=O) groups excluding carboxylic acids is 2. The molecule has 0 spiro atoms. The quantitative estimate of drug-likeness (QED) is 0.443. The van der Waals surface area contributed by atoms with E-state index in [4.69, 9.17) is 10.5 Å². The summed E-state index contributed by atoms with van der Waals surface area (Å²) in [6.45, 7) is 6.04. The highest BCUT2D eigenvalue weighted by molar-refractivity contribution is 5.98. The first-order valence-electron chi connectivity index (χ1n) is 11.3. The number of alkyl halides is 3. The molecule has 2 heterocycles. The fraction of sp³-hybridized carbons (Fsp3) is 0.435. The maximum absolute atomic E-state index is 13.3. The molecule has 14 heteroatoms. The number of ether oxygens (including phenoxy) is 1. The number of rotatable bonds is 6. The number of nitrogens with two attached hydrogens (primary N) is 1. The first-order chi connectivity index (χ1) is 17.1. The number of hydrogen-bond donors (Lipinski definition) is 4. The molecule has 1 aromatic carbocycles. The summed E-state index contributed by atoms with van der Waals surface area (Å²) in [7, 11) is 0. The second kappa shape index (κ2) is 10.5. The fourth-order valence-corrected chi connectivity index (χ4v) is 3.67. The Bertz CT molecular complexity index is 1200. The topological polar surface area (TPSA) is 160 Å². The largest absolute Gasteiger partial charge is 0.478 e. The maximum Gasteiger partial charge on any atom is 0.416 e. The monoisotopic (exact) mass is 524 g/mol. The van der Waals surface area contributed by atoms with Crippen molar-refractivity contribution >= 4 is 35.4 Å². The van der Waals surface area contributed by atoms with Crippen LogP contribution in [0.4, 0.5) is 35.4 Å². The highest BCUT2D eigenvalue weighted by atomic mass is 19.4. The number of nitrogens with one attached hydrogen (secondary N) is 2. The second-order valence-electron chi connectivity index (χ2n) is 9.45. The molecule has 0 bridgehead atoms. The van der Waals surface area contributed by atoms with E-state index in [1.54, 1.807) is 25.7 Å². The number of carboxylic acid groups (broad SMARTS) is 1. The lowest BCUT2D eigenvalue weighted by Crippen LogP contribution is -2.49. The Morgan fingerprint density at radius 2 is 1.89 bits per heavy atom. The SMILES string of the molecule is CC(C)(C)OC(=O)NC1CCCN(c2ncc(C(N)=O)c(Nc3cc(C(=O)O)cc(C(F)(F)F)c3)n2)C1. The molecule has 0 saturated carbocycles. The molecule has 1 unspecified atom stereocenters. The van der Waals surface area contributed by atoms with Gasteiger partial charge in [0.1, 0.15) is 17.0 Å². The molecule has 1 atom stereocenters. The molecular formula is C23H27F3N6O5. The van der Waals surface area contributed by atoms with Gasteiger partial charge in [-0.3, -0.25) is 4.79 Å². The molecule has 3 rings (SSSR count). The van der Waals surface area contributed by atoms with Crippen LogP contribution in [0.1, 0.15) is 59.9 Å². The zero-order valence-electron chi connectivity index (χ0n) is 20.3. The Labute approximate surface area is 210 Å². The van der Waals surface area contributed by atoms with Crippen LogP contribution < -0.4 is 21.3 Å². The van der Waals surface area contributed by atoms with Crippen molar-refractivity contribution in [2.45, 2.75) is 51.4 Å². The number of benzene rings is 1. The van der Waals surface area contributed by atoms with Crippen molar-refractivity contribution in [3.8, 4) is 0 Å². The molecule has 2 aromatic rings. The van der Waals surface area contributed by atoms with Crippen LogP contribution in [0.5, 0.6) is 0 Å². The van der Waals surface area contributed by atoms with E-state index in [0.29, 0.717) is 38.1 Å². The number of carboxylic acids is 1. The predicted octanol–water partition coefficient (Wildman–Crippen LogP) is 3.53. The average molecular weight is 525 g/mol. The van der Waals surface area contributed by atoms with E-state index in [9.17, 15) is 32.7 Å². The van der Waals surface area contributed by atoms with E-state index >= 15 is 0 Å². The van der Waals surface area contributed by atoms with Gasteiger partial charge in [-0.15, -0.1) is 0 Å². The van der Waals surface area contributed by atoms with E-state index in [0.717, 1.165) is 12.3 Å². The van der Waals surface area contributed by atoms with E-state index in [-0.39, 0.29) is 29.1 Å². The van der Waals surface area contributed by atoms with Crippen LogP contribution in [0, 0.1) is 0 Å². The molecule has 5 N–H and O–H groups in total. The molecule has 1 aromatic heterocycles. The molecule has 1 aliphatic rings. The lowest BCUT2D eigenvalue weighted by atomic mass is 10.1. The van der Waals surface area contributed by atoms with Crippen molar-refractivity contribution < 1.29 is 37.4 Å². The van der Waals surface area contributed by atoms with Crippen molar-refractivity contribution in [1.29, 1.82) is 0 Å². The molecule has 0 radical (unpaired) electrons. The third-order valence-corrected chi connectivity index (χ3v) is 5.24. The summed E-state index contributed by atoms with van der Waals surface area (Å²) in [5.41, 5.74) is 2.44. The van der Waals surface area contributed by atoms with Gasteiger partial charge in [-0.25, -0.2) is 14.6 Å². The number of piperidine rings is 1. The van der Waals surface area contributed by atoms with E-state index in [1.165, 1.54) is 0 Å². The van der Waals surface area contributed by atoms with Crippen LogP contribution >= 0.6 is 0 Å². The first-order valence-corrected chi connectivity index (χ1v) is 11.3. The molecule has 2 amide bonds. The van der Waals surface area contributed by atoms with E-state index < -0.39 is 40.9 Å². The van der Waals surface area contributed by atoms with Gasteiger partial charge in [0, 0.05) is 31.0 Å². The number of nitrogens with zero attached hydrogens (tertiary/aromatic N) is 3. The third-order valence-electron chi connectivity index (χ3n) is 5.24. The summed E-state index contributed by atoms with van der Waals surface area (Å²) in [4.78, 5) is 45.6. The van der Waals surface area contributed by atoms with Crippen LogP contribution in [0.15, 0.2) is 24.4 Å². The number of primary amides is 1. The molecule has 11 nitrogen and oxygen atoms in total. The van der Waals surface area contributed by atoms with Gasteiger partial charge in [0.25, 0.3) is 5.91 Å². The van der Waals surface area contributed by atoms with Crippen molar-refractivity contribution in [1.82, 2.24) is 15.3 Å². The zero-order valence-corrected chi connectivity index (χ0v) is 20.3. The number of aromatic nitrogens is 2. The van der Waals surface area contributed by atoms with E-state index in [1.807, 2.05) is 0 Å². The Balaban J connectivity index is 1.89. The maximum atomic E-state index is 13.3. The third kappa shape index (κ3) is 7.44. The summed E-state index contributed by atoms with van der Waals surface area (Å²) >= 11 is 0. The van der Waals surface area contributed by atoms with Crippen LogP contribution in [-0.4, -0.2) is 57.8 Å². The predicted molar refractivity (Wildman–Crippen MR) is 127 cm³/mol. The van der Waals surface area contributed by atoms with Gasteiger partial charge in [-0.2, -0.15) is 18.2 Å². The Morgan fingerprint density at radius 3 is 2.49 bits per heavy atom. The number of alkyl carbamates (subject to hydrolysis) is 1. The van der Waals surface area contributed by atoms with Gasteiger partial charge in [0.15, 0.2) is 0 Å². The number of aromatic carboxylic acids is 1. The lowest BCUT2D eigenvalue weighted by Gasteiger charge is -2.33. The summed E-state index contributed by atoms with van der Waals surface area (Å²) in [5.74, 6) is -2.57. The summed E-state index contributed by atoms with van der Waals surface area (Å²) in [5, 5.41) is 14.6. The van der Waals surface area contributed by atoms with Gasteiger partial charge in [-0.05, 0) is 51.8 Å².